The van der Waals surface area contributed by atoms with E-state index in [1.165, 1.54) is 5.56 Å². The van der Waals surface area contributed by atoms with E-state index in [0.29, 0.717) is 23.1 Å². The van der Waals surface area contributed by atoms with Crippen molar-refractivity contribution in [1.29, 1.82) is 0 Å². The van der Waals surface area contributed by atoms with E-state index in [0.717, 1.165) is 11.1 Å². The Hall–Kier alpha value is -2.07. The SMILES string of the molecule is COc1ccc(C(N)=S)cc1OCc1cccc(C)c1. The van der Waals surface area contributed by atoms with Crippen molar-refractivity contribution in [1.82, 2.24) is 0 Å². The number of benzene rings is 2. The predicted octanol–water partition coefficient (Wildman–Crippen LogP) is 3.22. The van der Waals surface area contributed by atoms with E-state index in [9.17, 15) is 0 Å². The van der Waals surface area contributed by atoms with Crippen LogP contribution in [-0.4, -0.2) is 12.1 Å². The Morgan fingerprint density at radius 3 is 2.60 bits per heavy atom. The number of hydrogen-bond donors (Lipinski definition) is 1. The summed E-state index contributed by atoms with van der Waals surface area (Å²) in [5.41, 5.74) is 8.71. The minimum Gasteiger partial charge on any atom is -0.493 e. The molecule has 0 saturated carbocycles. The molecule has 0 saturated heterocycles. The second kappa shape index (κ2) is 6.39. The lowest BCUT2D eigenvalue weighted by Gasteiger charge is -2.12. The molecule has 0 unspecified atom stereocenters. The minimum atomic E-state index is 0.341. The molecule has 0 aliphatic heterocycles. The van der Waals surface area contributed by atoms with E-state index >= 15 is 0 Å². The smallest absolute Gasteiger partial charge is 0.162 e. The van der Waals surface area contributed by atoms with Gasteiger partial charge < -0.3 is 15.2 Å². The molecule has 2 aromatic rings. The van der Waals surface area contributed by atoms with Gasteiger partial charge in [-0.05, 0) is 30.7 Å². The highest BCUT2D eigenvalue weighted by atomic mass is 32.1. The molecular formula is C16H17NO2S. The third-order valence-corrected chi connectivity index (χ3v) is 3.16. The normalized spacial score (nSPS) is 10.1. The van der Waals surface area contributed by atoms with Gasteiger partial charge in [0.1, 0.15) is 11.6 Å². The van der Waals surface area contributed by atoms with E-state index < -0.39 is 0 Å². The molecule has 0 heterocycles. The molecule has 4 heteroatoms. The Morgan fingerprint density at radius 1 is 1.15 bits per heavy atom. The molecule has 0 aliphatic rings. The summed E-state index contributed by atoms with van der Waals surface area (Å²) in [4.78, 5) is 0.341. The van der Waals surface area contributed by atoms with Gasteiger partial charge in [-0.1, -0.05) is 42.0 Å². The lowest BCUT2D eigenvalue weighted by Crippen LogP contribution is -2.09. The highest BCUT2D eigenvalue weighted by molar-refractivity contribution is 7.80. The van der Waals surface area contributed by atoms with Crippen molar-refractivity contribution >= 4 is 17.2 Å². The Morgan fingerprint density at radius 2 is 1.95 bits per heavy atom. The third kappa shape index (κ3) is 3.48. The van der Waals surface area contributed by atoms with Crippen LogP contribution in [0.3, 0.4) is 0 Å². The van der Waals surface area contributed by atoms with Crippen LogP contribution in [0.15, 0.2) is 42.5 Å². The van der Waals surface area contributed by atoms with Crippen LogP contribution in [0.2, 0.25) is 0 Å². The number of nitrogens with two attached hydrogens (primary N) is 1. The van der Waals surface area contributed by atoms with Crippen molar-refractivity contribution in [2.45, 2.75) is 13.5 Å². The number of hydrogen-bond acceptors (Lipinski definition) is 3. The van der Waals surface area contributed by atoms with Crippen LogP contribution < -0.4 is 15.2 Å². The maximum absolute atomic E-state index is 5.82. The van der Waals surface area contributed by atoms with Crippen LogP contribution in [0.4, 0.5) is 0 Å². The van der Waals surface area contributed by atoms with Crippen molar-refractivity contribution in [2.75, 3.05) is 7.11 Å². The van der Waals surface area contributed by atoms with Gasteiger partial charge in [-0.2, -0.15) is 0 Å². The molecule has 0 bridgehead atoms. The molecule has 2 aromatic carbocycles. The number of rotatable bonds is 5. The van der Waals surface area contributed by atoms with Gasteiger partial charge >= 0.3 is 0 Å². The molecule has 0 radical (unpaired) electrons. The molecule has 20 heavy (non-hydrogen) atoms. The van der Waals surface area contributed by atoms with Gasteiger partial charge in [0, 0.05) is 5.56 Å². The van der Waals surface area contributed by atoms with E-state index in [1.807, 2.05) is 18.2 Å². The maximum atomic E-state index is 5.82. The van der Waals surface area contributed by atoms with Crippen LogP contribution in [-0.2, 0) is 6.61 Å². The van der Waals surface area contributed by atoms with Gasteiger partial charge in [0.2, 0.25) is 0 Å². The summed E-state index contributed by atoms with van der Waals surface area (Å²) in [7, 11) is 1.61. The molecule has 0 fully saturated rings. The van der Waals surface area contributed by atoms with Gasteiger partial charge in [-0.25, -0.2) is 0 Å². The average Bonchev–Trinajstić information content (AvgIpc) is 2.44. The van der Waals surface area contributed by atoms with Crippen molar-refractivity contribution in [2.24, 2.45) is 5.73 Å². The number of methoxy groups -OCH3 is 1. The zero-order chi connectivity index (χ0) is 14.5. The summed E-state index contributed by atoms with van der Waals surface area (Å²) in [6.45, 7) is 2.52. The molecule has 0 aliphatic carbocycles. The van der Waals surface area contributed by atoms with Gasteiger partial charge in [-0.15, -0.1) is 0 Å². The zero-order valence-electron chi connectivity index (χ0n) is 11.6. The standard InChI is InChI=1S/C16H17NO2S/c1-11-4-3-5-12(8-11)10-19-15-9-13(16(17)20)6-7-14(15)18-2/h3-9H,10H2,1-2H3,(H2,17,20). The second-order valence-corrected chi connectivity index (χ2v) is 4.95. The maximum Gasteiger partial charge on any atom is 0.162 e. The molecule has 0 spiro atoms. The first-order valence-corrected chi connectivity index (χ1v) is 6.67. The summed E-state index contributed by atoms with van der Waals surface area (Å²) in [6.07, 6.45) is 0. The first kappa shape index (κ1) is 14.3. The lowest BCUT2D eigenvalue weighted by molar-refractivity contribution is 0.284. The molecule has 0 atom stereocenters. The summed E-state index contributed by atoms with van der Waals surface area (Å²) in [5, 5.41) is 0. The Labute approximate surface area is 124 Å². The number of aryl methyl sites for hydroxylation is 1. The summed E-state index contributed by atoms with van der Waals surface area (Å²) >= 11 is 4.98. The highest BCUT2D eigenvalue weighted by Gasteiger charge is 2.07. The highest BCUT2D eigenvalue weighted by Crippen LogP contribution is 2.28. The summed E-state index contributed by atoms with van der Waals surface area (Å²) in [6, 6.07) is 13.6. The predicted molar refractivity (Wildman–Crippen MR) is 84.4 cm³/mol. The first-order valence-electron chi connectivity index (χ1n) is 6.26. The van der Waals surface area contributed by atoms with Gasteiger partial charge in [0.25, 0.3) is 0 Å². The molecule has 2 rings (SSSR count). The largest absolute Gasteiger partial charge is 0.493 e. The first-order chi connectivity index (χ1) is 9.60. The molecule has 0 amide bonds. The van der Waals surface area contributed by atoms with Crippen LogP contribution in [0.5, 0.6) is 11.5 Å². The Balaban J connectivity index is 2.19. The van der Waals surface area contributed by atoms with Crippen LogP contribution in [0.1, 0.15) is 16.7 Å². The molecule has 2 N–H and O–H groups in total. The Bertz CT molecular complexity index is 626. The average molecular weight is 287 g/mol. The van der Waals surface area contributed by atoms with Crippen LogP contribution in [0.25, 0.3) is 0 Å². The van der Waals surface area contributed by atoms with E-state index in [4.69, 9.17) is 27.4 Å². The second-order valence-electron chi connectivity index (χ2n) is 4.51. The quantitative estimate of drug-likeness (QED) is 0.858. The monoisotopic (exact) mass is 287 g/mol. The number of thiocarbonyl (C=S) groups is 1. The Kier molecular flexibility index (Phi) is 4.58. The minimum absolute atomic E-state index is 0.341. The van der Waals surface area contributed by atoms with Gasteiger partial charge in [-0.3, -0.25) is 0 Å². The fourth-order valence-electron chi connectivity index (χ4n) is 1.91. The van der Waals surface area contributed by atoms with Crippen molar-refractivity contribution < 1.29 is 9.47 Å². The summed E-state index contributed by atoms with van der Waals surface area (Å²) in [5.74, 6) is 1.30. The fourth-order valence-corrected chi connectivity index (χ4v) is 2.03. The van der Waals surface area contributed by atoms with Crippen molar-refractivity contribution in [3.63, 3.8) is 0 Å². The summed E-state index contributed by atoms with van der Waals surface area (Å²) < 4.78 is 11.1. The zero-order valence-corrected chi connectivity index (χ0v) is 12.4. The van der Waals surface area contributed by atoms with Crippen molar-refractivity contribution in [3.8, 4) is 11.5 Å². The third-order valence-electron chi connectivity index (χ3n) is 2.92. The van der Waals surface area contributed by atoms with E-state index in [-0.39, 0.29) is 0 Å². The molecule has 0 aromatic heterocycles. The molecule has 3 nitrogen and oxygen atoms in total. The molecular weight excluding hydrogens is 270 g/mol. The van der Waals surface area contributed by atoms with Crippen LogP contribution >= 0.6 is 12.2 Å². The van der Waals surface area contributed by atoms with Gasteiger partial charge in [0.05, 0.1) is 7.11 Å². The van der Waals surface area contributed by atoms with Crippen molar-refractivity contribution in [3.05, 3.63) is 59.2 Å². The van der Waals surface area contributed by atoms with E-state index in [2.05, 4.69) is 19.1 Å². The topological polar surface area (TPSA) is 44.5 Å². The lowest BCUT2D eigenvalue weighted by atomic mass is 10.1. The van der Waals surface area contributed by atoms with Gasteiger partial charge in [0.15, 0.2) is 11.5 Å². The molecule has 104 valence electrons. The van der Waals surface area contributed by atoms with E-state index in [1.54, 1.807) is 19.2 Å². The fraction of sp³-hybridized carbons (Fsp3) is 0.188. The van der Waals surface area contributed by atoms with Crippen LogP contribution in [0, 0.1) is 6.92 Å². The number of ether oxygens (including phenoxy) is 2.